The lowest BCUT2D eigenvalue weighted by Gasteiger charge is -2.18. The van der Waals surface area contributed by atoms with E-state index in [1.54, 1.807) is 6.07 Å². The third-order valence-corrected chi connectivity index (χ3v) is 3.49. The highest BCUT2D eigenvalue weighted by Crippen LogP contribution is 2.19. The van der Waals surface area contributed by atoms with Crippen LogP contribution in [0.15, 0.2) is 18.2 Å². The van der Waals surface area contributed by atoms with Gasteiger partial charge in [0, 0.05) is 6.54 Å². The van der Waals surface area contributed by atoms with Gasteiger partial charge in [0.05, 0.1) is 11.0 Å². The lowest BCUT2D eigenvalue weighted by Crippen LogP contribution is -2.25. The predicted molar refractivity (Wildman–Crippen MR) is 76.5 cm³/mol. The molecule has 0 aliphatic rings. The first kappa shape index (κ1) is 13.8. The monoisotopic (exact) mass is 264 g/mol. The Morgan fingerprint density at radius 1 is 1.32 bits per heavy atom. The van der Waals surface area contributed by atoms with Crippen molar-refractivity contribution in [1.29, 1.82) is 0 Å². The summed E-state index contributed by atoms with van der Waals surface area (Å²) in [7, 11) is 0. The molecule has 104 valence electrons. The van der Waals surface area contributed by atoms with Crippen LogP contribution in [0.1, 0.15) is 20.3 Å². The van der Waals surface area contributed by atoms with Crippen molar-refractivity contribution in [2.75, 3.05) is 25.4 Å². The van der Waals surface area contributed by atoms with Gasteiger partial charge in [-0.25, -0.2) is 9.37 Å². The molecular formula is C14H21FN4. The van der Waals surface area contributed by atoms with E-state index in [1.165, 1.54) is 12.1 Å². The van der Waals surface area contributed by atoms with E-state index >= 15 is 0 Å². The molecule has 2 N–H and O–H groups in total. The molecule has 1 aromatic heterocycles. The lowest BCUT2D eigenvalue weighted by molar-refractivity contribution is 0.294. The van der Waals surface area contributed by atoms with Gasteiger partial charge in [0.15, 0.2) is 0 Å². The number of rotatable bonds is 6. The van der Waals surface area contributed by atoms with E-state index < -0.39 is 0 Å². The Labute approximate surface area is 113 Å². The third kappa shape index (κ3) is 3.04. The zero-order chi connectivity index (χ0) is 13.8. The molecule has 19 heavy (non-hydrogen) atoms. The molecule has 0 saturated carbocycles. The van der Waals surface area contributed by atoms with Crippen LogP contribution in [0.2, 0.25) is 0 Å². The second kappa shape index (κ2) is 6.02. The topological polar surface area (TPSA) is 47.1 Å². The van der Waals surface area contributed by atoms with Gasteiger partial charge in [0.25, 0.3) is 0 Å². The zero-order valence-electron chi connectivity index (χ0n) is 11.6. The molecule has 0 atom stereocenters. The molecule has 2 aromatic rings. The number of hydrogen-bond donors (Lipinski definition) is 1. The Balaban J connectivity index is 2.11. The van der Waals surface area contributed by atoms with E-state index in [2.05, 4.69) is 23.7 Å². The van der Waals surface area contributed by atoms with Crippen LogP contribution in [0.3, 0.4) is 0 Å². The maximum absolute atomic E-state index is 13.3. The molecule has 0 aliphatic carbocycles. The molecule has 2 rings (SSSR count). The Bertz CT molecular complexity index is 546. The van der Waals surface area contributed by atoms with E-state index in [0.717, 1.165) is 43.6 Å². The minimum absolute atomic E-state index is 0.252. The highest BCUT2D eigenvalue weighted by molar-refractivity contribution is 5.78. The molecule has 0 radical (unpaired) electrons. The number of aromatic nitrogens is 2. The van der Waals surface area contributed by atoms with E-state index in [-0.39, 0.29) is 5.82 Å². The van der Waals surface area contributed by atoms with Gasteiger partial charge in [-0.05, 0) is 44.3 Å². The summed E-state index contributed by atoms with van der Waals surface area (Å²) in [5.74, 6) is 0.206. The fraction of sp³-hybridized carbons (Fsp3) is 0.500. The van der Waals surface area contributed by atoms with Gasteiger partial charge in [-0.15, -0.1) is 0 Å². The summed E-state index contributed by atoms with van der Waals surface area (Å²) in [6.45, 7) is 8.18. The molecule has 0 amide bonds. The number of imidazole rings is 1. The van der Waals surface area contributed by atoms with Crippen LogP contribution >= 0.6 is 0 Å². The number of benzene rings is 1. The number of anilines is 1. The van der Waals surface area contributed by atoms with Gasteiger partial charge in [-0.1, -0.05) is 13.8 Å². The Hall–Kier alpha value is -1.62. The standard InChI is InChI=1S/C14H21FN4/c1-3-18(4-2)8-5-9-19-13-10-11(15)6-7-12(13)17-14(19)16/h6-7,10H,3-5,8-9H2,1-2H3,(H2,16,17). The van der Waals surface area contributed by atoms with Crippen molar-refractivity contribution in [2.45, 2.75) is 26.8 Å². The molecule has 0 bridgehead atoms. The van der Waals surface area contributed by atoms with Gasteiger partial charge in [0.2, 0.25) is 5.95 Å². The number of nitrogen functional groups attached to an aromatic ring is 1. The Morgan fingerprint density at radius 3 is 2.74 bits per heavy atom. The second-order valence-corrected chi connectivity index (χ2v) is 4.64. The van der Waals surface area contributed by atoms with Crippen LogP contribution in [0.4, 0.5) is 10.3 Å². The van der Waals surface area contributed by atoms with Crippen LogP contribution < -0.4 is 5.73 Å². The largest absolute Gasteiger partial charge is 0.369 e. The van der Waals surface area contributed by atoms with Crippen molar-refractivity contribution in [3.05, 3.63) is 24.0 Å². The average molecular weight is 264 g/mol. The second-order valence-electron chi connectivity index (χ2n) is 4.64. The first-order chi connectivity index (χ1) is 9.15. The van der Waals surface area contributed by atoms with Crippen molar-refractivity contribution in [3.8, 4) is 0 Å². The summed E-state index contributed by atoms with van der Waals surface area (Å²) < 4.78 is 15.2. The molecule has 4 nitrogen and oxygen atoms in total. The van der Waals surface area contributed by atoms with Gasteiger partial charge >= 0.3 is 0 Å². The van der Waals surface area contributed by atoms with E-state index in [9.17, 15) is 4.39 Å². The van der Waals surface area contributed by atoms with E-state index in [4.69, 9.17) is 5.73 Å². The lowest BCUT2D eigenvalue weighted by atomic mass is 10.3. The zero-order valence-corrected chi connectivity index (χ0v) is 11.6. The number of nitrogens with zero attached hydrogens (tertiary/aromatic N) is 3. The van der Waals surface area contributed by atoms with Crippen LogP contribution in [-0.4, -0.2) is 34.1 Å². The summed E-state index contributed by atoms with van der Waals surface area (Å²) in [6, 6.07) is 4.58. The summed E-state index contributed by atoms with van der Waals surface area (Å²) in [4.78, 5) is 6.61. The van der Waals surface area contributed by atoms with Gasteiger partial charge in [0.1, 0.15) is 5.82 Å². The summed E-state index contributed by atoms with van der Waals surface area (Å²) >= 11 is 0. The summed E-state index contributed by atoms with van der Waals surface area (Å²) in [5.41, 5.74) is 7.43. The minimum atomic E-state index is -0.252. The number of hydrogen-bond acceptors (Lipinski definition) is 3. The highest BCUT2D eigenvalue weighted by Gasteiger charge is 2.09. The van der Waals surface area contributed by atoms with E-state index in [0.29, 0.717) is 5.95 Å². The molecule has 1 aromatic carbocycles. The molecule has 1 heterocycles. The van der Waals surface area contributed by atoms with Crippen molar-refractivity contribution < 1.29 is 4.39 Å². The Kier molecular flexibility index (Phi) is 4.37. The third-order valence-electron chi connectivity index (χ3n) is 3.49. The summed E-state index contributed by atoms with van der Waals surface area (Å²) in [6.07, 6.45) is 0.980. The minimum Gasteiger partial charge on any atom is -0.369 e. The Morgan fingerprint density at radius 2 is 2.05 bits per heavy atom. The molecule has 5 heteroatoms. The van der Waals surface area contributed by atoms with Crippen molar-refractivity contribution >= 4 is 17.0 Å². The molecule has 0 unspecified atom stereocenters. The quantitative estimate of drug-likeness (QED) is 0.872. The SMILES string of the molecule is CCN(CC)CCCn1c(N)nc2ccc(F)cc21. The molecule has 0 spiro atoms. The smallest absolute Gasteiger partial charge is 0.201 e. The first-order valence-corrected chi connectivity index (χ1v) is 6.79. The normalized spacial score (nSPS) is 11.6. The molecule has 0 fully saturated rings. The average Bonchev–Trinajstić information content (AvgIpc) is 2.71. The van der Waals surface area contributed by atoms with E-state index in [1.807, 2.05) is 4.57 Å². The fourth-order valence-corrected chi connectivity index (χ4v) is 2.34. The van der Waals surface area contributed by atoms with Crippen molar-refractivity contribution in [3.63, 3.8) is 0 Å². The van der Waals surface area contributed by atoms with Crippen LogP contribution in [0.5, 0.6) is 0 Å². The van der Waals surface area contributed by atoms with Gasteiger partial charge in [-0.2, -0.15) is 0 Å². The van der Waals surface area contributed by atoms with Crippen LogP contribution in [0.25, 0.3) is 11.0 Å². The first-order valence-electron chi connectivity index (χ1n) is 6.79. The number of halogens is 1. The number of nitrogens with two attached hydrogens (primary N) is 1. The van der Waals surface area contributed by atoms with Gasteiger partial charge < -0.3 is 15.2 Å². The number of aryl methyl sites for hydroxylation is 1. The summed E-state index contributed by atoms with van der Waals surface area (Å²) in [5, 5.41) is 0. The maximum Gasteiger partial charge on any atom is 0.201 e. The van der Waals surface area contributed by atoms with Crippen LogP contribution in [0, 0.1) is 5.82 Å². The van der Waals surface area contributed by atoms with Crippen molar-refractivity contribution in [2.24, 2.45) is 0 Å². The molecular weight excluding hydrogens is 243 g/mol. The molecule has 0 aliphatic heterocycles. The number of fused-ring (bicyclic) bond motifs is 1. The van der Waals surface area contributed by atoms with Crippen molar-refractivity contribution in [1.82, 2.24) is 14.5 Å². The van der Waals surface area contributed by atoms with Crippen LogP contribution in [-0.2, 0) is 6.54 Å². The predicted octanol–water partition coefficient (Wildman–Crippen LogP) is 2.49. The fourth-order valence-electron chi connectivity index (χ4n) is 2.34. The van der Waals surface area contributed by atoms with Gasteiger partial charge in [-0.3, -0.25) is 0 Å². The maximum atomic E-state index is 13.3. The highest BCUT2D eigenvalue weighted by atomic mass is 19.1. The molecule has 0 saturated heterocycles.